The first kappa shape index (κ1) is 19.3. The molecule has 7 nitrogen and oxygen atoms in total. The molecule has 1 aliphatic rings. The van der Waals surface area contributed by atoms with E-state index in [1.165, 1.54) is 40.5 Å². The fourth-order valence-electron chi connectivity index (χ4n) is 3.14. The van der Waals surface area contributed by atoms with Crippen LogP contribution in [0, 0.1) is 21.4 Å². The van der Waals surface area contributed by atoms with Gasteiger partial charge in [-0.05, 0) is 42.7 Å². The maximum atomic E-state index is 12.1. The molecule has 1 amide bonds. The fraction of sp³-hybridized carbons (Fsp3) is 0.474. The lowest BCUT2D eigenvalue weighted by Crippen LogP contribution is -2.26. The lowest BCUT2D eigenvalue weighted by Gasteiger charge is -2.33. The number of nitro groups is 1. The van der Waals surface area contributed by atoms with E-state index in [9.17, 15) is 14.9 Å². The first-order chi connectivity index (χ1) is 12.7. The second-order valence-electron chi connectivity index (χ2n) is 7.78. The van der Waals surface area contributed by atoms with Crippen molar-refractivity contribution in [2.75, 3.05) is 11.9 Å². The summed E-state index contributed by atoms with van der Waals surface area (Å²) in [6.07, 6.45) is 3.07. The smallest absolute Gasteiger partial charge is 0.269 e. The van der Waals surface area contributed by atoms with Crippen LogP contribution >= 0.6 is 11.3 Å². The Labute approximate surface area is 161 Å². The Balaban J connectivity index is 1.54. The molecule has 0 spiro atoms. The van der Waals surface area contributed by atoms with Crippen molar-refractivity contribution in [1.82, 2.24) is 4.98 Å². The van der Waals surface area contributed by atoms with Gasteiger partial charge in [0.1, 0.15) is 5.75 Å². The number of nitro benzene ring substituents is 1. The van der Waals surface area contributed by atoms with Gasteiger partial charge in [0.05, 0.1) is 10.6 Å². The van der Waals surface area contributed by atoms with Gasteiger partial charge in [-0.3, -0.25) is 20.2 Å². The van der Waals surface area contributed by atoms with Crippen LogP contribution in [-0.4, -0.2) is 22.4 Å². The minimum atomic E-state index is -0.481. The van der Waals surface area contributed by atoms with Crippen LogP contribution in [0.4, 0.5) is 10.8 Å². The number of hydrogen-bond donors (Lipinski definition) is 1. The van der Waals surface area contributed by atoms with Gasteiger partial charge < -0.3 is 4.74 Å². The van der Waals surface area contributed by atoms with Crippen LogP contribution in [0.15, 0.2) is 24.3 Å². The number of rotatable bonds is 5. The van der Waals surface area contributed by atoms with Crippen molar-refractivity contribution in [2.45, 2.75) is 40.0 Å². The largest absolute Gasteiger partial charge is 0.484 e. The van der Waals surface area contributed by atoms with Gasteiger partial charge in [-0.2, -0.15) is 0 Å². The van der Waals surface area contributed by atoms with Gasteiger partial charge >= 0.3 is 0 Å². The number of amides is 1. The molecular formula is C19H23N3O4S. The summed E-state index contributed by atoms with van der Waals surface area (Å²) in [6.45, 7) is 6.62. The SMILES string of the molecule is CC(C)(C)[C@H]1CCc2nc(NC(=O)COc3ccc([N+](=O)[O-])cc3)sc2C1. The number of carbonyl (C=O) groups excluding carboxylic acids is 1. The number of hydrogen-bond acceptors (Lipinski definition) is 6. The fourth-order valence-corrected chi connectivity index (χ4v) is 4.24. The zero-order valence-corrected chi connectivity index (χ0v) is 16.5. The van der Waals surface area contributed by atoms with Crippen molar-refractivity contribution < 1.29 is 14.5 Å². The number of nitrogens with zero attached hydrogens (tertiary/aromatic N) is 2. The van der Waals surface area contributed by atoms with E-state index < -0.39 is 4.92 Å². The van der Waals surface area contributed by atoms with E-state index in [1.54, 1.807) is 0 Å². The molecule has 3 rings (SSSR count). The molecule has 0 unspecified atom stereocenters. The molecule has 1 N–H and O–H groups in total. The molecule has 8 heteroatoms. The van der Waals surface area contributed by atoms with E-state index in [0.29, 0.717) is 16.8 Å². The Morgan fingerprint density at radius 3 is 2.70 bits per heavy atom. The molecule has 2 aromatic rings. The number of carbonyl (C=O) groups is 1. The Kier molecular flexibility index (Phi) is 5.46. The quantitative estimate of drug-likeness (QED) is 0.610. The van der Waals surface area contributed by atoms with Crippen LogP contribution in [0.25, 0.3) is 0 Å². The number of thiazole rings is 1. The third kappa shape index (κ3) is 4.82. The number of nitrogens with one attached hydrogen (secondary N) is 1. The lowest BCUT2D eigenvalue weighted by atomic mass is 9.73. The van der Waals surface area contributed by atoms with Crippen LogP contribution in [0.3, 0.4) is 0 Å². The first-order valence-corrected chi connectivity index (χ1v) is 9.69. The standard InChI is InChI=1S/C19H23N3O4S/c1-19(2,3)12-4-9-15-16(10-12)27-18(20-15)21-17(23)11-26-14-7-5-13(6-8-14)22(24)25/h5-8,12H,4,9-11H2,1-3H3,(H,20,21,23)/t12-/m0/s1. The summed E-state index contributed by atoms with van der Waals surface area (Å²) in [5.41, 5.74) is 1.34. The highest BCUT2D eigenvalue weighted by Gasteiger charge is 2.30. The molecule has 0 saturated carbocycles. The highest BCUT2D eigenvalue weighted by molar-refractivity contribution is 7.15. The van der Waals surface area contributed by atoms with Gasteiger partial charge in [0.25, 0.3) is 11.6 Å². The van der Waals surface area contributed by atoms with E-state index in [1.807, 2.05) is 0 Å². The van der Waals surface area contributed by atoms with Crippen molar-refractivity contribution in [1.29, 1.82) is 0 Å². The predicted octanol–water partition coefficient (Wildman–Crippen LogP) is 4.22. The summed E-state index contributed by atoms with van der Waals surface area (Å²) in [5, 5.41) is 14.0. The van der Waals surface area contributed by atoms with Crippen LogP contribution < -0.4 is 10.1 Å². The lowest BCUT2D eigenvalue weighted by molar-refractivity contribution is -0.384. The van der Waals surface area contributed by atoms with Gasteiger partial charge in [-0.15, -0.1) is 11.3 Å². The monoisotopic (exact) mass is 389 g/mol. The Hall–Kier alpha value is -2.48. The second kappa shape index (κ2) is 7.64. The molecule has 1 atom stereocenters. The molecule has 1 aliphatic carbocycles. The summed E-state index contributed by atoms with van der Waals surface area (Å²) in [7, 11) is 0. The van der Waals surface area contributed by atoms with Gasteiger partial charge in [-0.25, -0.2) is 4.98 Å². The molecule has 27 heavy (non-hydrogen) atoms. The summed E-state index contributed by atoms with van der Waals surface area (Å²) in [6, 6.07) is 5.63. The average Bonchev–Trinajstić information content (AvgIpc) is 3.00. The average molecular weight is 389 g/mol. The molecule has 0 bridgehead atoms. The van der Waals surface area contributed by atoms with Crippen molar-refractivity contribution >= 4 is 28.1 Å². The molecule has 144 valence electrons. The number of ether oxygens (including phenoxy) is 1. The summed E-state index contributed by atoms with van der Waals surface area (Å²) >= 11 is 1.54. The van der Waals surface area contributed by atoms with Gasteiger partial charge in [0.15, 0.2) is 11.7 Å². The molecule has 0 fully saturated rings. The number of fused-ring (bicyclic) bond motifs is 1. The van der Waals surface area contributed by atoms with E-state index >= 15 is 0 Å². The van der Waals surface area contributed by atoms with E-state index in [2.05, 4.69) is 31.1 Å². The third-order valence-corrected chi connectivity index (χ3v) is 5.86. The van der Waals surface area contributed by atoms with E-state index in [0.717, 1.165) is 25.0 Å². The zero-order valence-electron chi connectivity index (χ0n) is 15.7. The van der Waals surface area contributed by atoms with Crippen LogP contribution in [-0.2, 0) is 17.6 Å². The van der Waals surface area contributed by atoms with Crippen molar-refractivity contribution in [2.24, 2.45) is 11.3 Å². The Morgan fingerprint density at radius 1 is 1.37 bits per heavy atom. The summed E-state index contributed by atoms with van der Waals surface area (Å²) in [4.78, 5) is 28.1. The molecule has 0 aliphatic heterocycles. The highest BCUT2D eigenvalue weighted by atomic mass is 32.1. The molecule has 1 heterocycles. The van der Waals surface area contributed by atoms with Gasteiger partial charge in [0, 0.05) is 17.0 Å². The minimum absolute atomic E-state index is 0.0197. The highest BCUT2D eigenvalue weighted by Crippen LogP contribution is 2.40. The number of aromatic nitrogens is 1. The van der Waals surface area contributed by atoms with E-state index in [-0.39, 0.29) is 23.6 Å². The molecule has 1 aromatic carbocycles. The molecule has 0 radical (unpaired) electrons. The van der Waals surface area contributed by atoms with Crippen molar-refractivity contribution in [3.05, 3.63) is 45.0 Å². The normalized spacial score (nSPS) is 16.5. The number of anilines is 1. The maximum absolute atomic E-state index is 12.1. The van der Waals surface area contributed by atoms with Crippen molar-refractivity contribution in [3.8, 4) is 5.75 Å². The van der Waals surface area contributed by atoms with Crippen LogP contribution in [0.2, 0.25) is 0 Å². The van der Waals surface area contributed by atoms with Gasteiger partial charge in [0.2, 0.25) is 0 Å². The Bertz CT molecular complexity index is 840. The molecule has 1 aromatic heterocycles. The van der Waals surface area contributed by atoms with Gasteiger partial charge in [-0.1, -0.05) is 20.8 Å². The number of aryl methyl sites for hydroxylation is 1. The number of benzene rings is 1. The van der Waals surface area contributed by atoms with Crippen LogP contribution in [0.1, 0.15) is 37.8 Å². The van der Waals surface area contributed by atoms with Crippen molar-refractivity contribution in [3.63, 3.8) is 0 Å². The summed E-state index contributed by atoms with van der Waals surface area (Å²) in [5.74, 6) is 0.730. The predicted molar refractivity (Wildman–Crippen MR) is 104 cm³/mol. The third-order valence-electron chi connectivity index (χ3n) is 4.83. The summed E-state index contributed by atoms with van der Waals surface area (Å²) < 4.78 is 5.38. The van der Waals surface area contributed by atoms with Crippen LogP contribution in [0.5, 0.6) is 5.75 Å². The number of non-ortho nitro benzene ring substituents is 1. The second-order valence-corrected chi connectivity index (χ2v) is 8.87. The van der Waals surface area contributed by atoms with E-state index in [4.69, 9.17) is 4.74 Å². The topological polar surface area (TPSA) is 94.4 Å². The first-order valence-electron chi connectivity index (χ1n) is 8.88. The molecule has 0 saturated heterocycles. The molecular weight excluding hydrogens is 366 g/mol. The zero-order chi connectivity index (χ0) is 19.6. The Morgan fingerprint density at radius 2 is 2.07 bits per heavy atom. The minimum Gasteiger partial charge on any atom is -0.484 e. The maximum Gasteiger partial charge on any atom is 0.269 e.